The van der Waals surface area contributed by atoms with Gasteiger partial charge in [-0.3, -0.25) is 19.3 Å². The van der Waals surface area contributed by atoms with Crippen molar-refractivity contribution in [2.75, 3.05) is 23.0 Å². The van der Waals surface area contributed by atoms with Crippen molar-refractivity contribution in [3.8, 4) is 0 Å². The van der Waals surface area contributed by atoms with Gasteiger partial charge in [-0.05, 0) is 71.3 Å². The van der Waals surface area contributed by atoms with Gasteiger partial charge in [0.2, 0.25) is 14.3 Å². The van der Waals surface area contributed by atoms with Crippen molar-refractivity contribution in [1.82, 2.24) is 0 Å². The van der Waals surface area contributed by atoms with Gasteiger partial charge in [0, 0.05) is 42.8 Å². The van der Waals surface area contributed by atoms with Crippen molar-refractivity contribution in [1.29, 1.82) is 0 Å². The summed E-state index contributed by atoms with van der Waals surface area (Å²) in [5.74, 6) is -1.46. The van der Waals surface area contributed by atoms with Crippen LogP contribution in [0, 0.1) is 5.92 Å². The number of ether oxygens (including phenoxy) is 2. The zero-order chi connectivity index (χ0) is 30.3. The van der Waals surface area contributed by atoms with Crippen LogP contribution in [-0.2, 0) is 29.5 Å². The summed E-state index contributed by atoms with van der Waals surface area (Å²) in [6.07, 6.45) is 4.97. The van der Waals surface area contributed by atoms with Crippen LogP contribution in [0.3, 0.4) is 0 Å². The molecule has 3 heterocycles. The first-order valence-corrected chi connectivity index (χ1v) is 17.4. The summed E-state index contributed by atoms with van der Waals surface area (Å²) in [6.45, 7) is 12.7. The number of benzene rings is 1. The van der Waals surface area contributed by atoms with Gasteiger partial charge >= 0.3 is 5.97 Å². The summed E-state index contributed by atoms with van der Waals surface area (Å²) in [7, 11) is -3.33. The van der Waals surface area contributed by atoms with E-state index in [1.807, 2.05) is 19.9 Å². The van der Waals surface area contributed by atoms with E-state index < -0.39 is 43.8 Å². The standard InChI is InChI=1S/C31H43FN2O6Si/c1-19(2)9-8-10-20(3)13-15-33-25-12-11-23(34-27(37)18-28(34)39-22(5)36)17-24(25)31(30(33)38)21(4)29(41(6,7)32)26(40-31)14-16-35/h9,11-13,17,21,26,28-29,35H,8,10,14-16,18H2,1-7H3/b20-13+/t21-,26+,28?,29-,31+/m0/s1. The topological polar surface area (TPSA) is 96.4 Å². The van der Waals surface area contributed by atoms with Gasteiger partial charge in [0.05, 0.1) is 18.2 Å². The Morgan fingerprint density at radius 1 is 1.22 bits per heavy atom. The highest BCUT2D eigenvalue weighted by Crippen LogP contribution is 2.60. The van der Waals surface area contributed by atoms with Crippen LogP contribution in [0.5, 0.6) is 0 Å². The predicted octanol–water partition coefficient (Wildman–Crippen LogP) is 5.51. The van der Waals surface area contributed by atoms with Crippen molar-refractivity contribution < 1.29 is 33.1 Å². The summed E-state index contributed by atoms with van der Waals surface area (Å²) in [5.41, 5.74) is 2.15. The first-order valence-electron chi connectivity index (χ1n) is 14.4. The molecule has 41 heavy (non-hydrogen) atoms. The van der Waals surface area contributed by atoms with Crippen LogP contribution < -0.4 is 9.80 Å². The van der Waals surface area contributed by atoms with Crippen molar-refractivity contribution in [2.24, 2.45) is 5.92 Å². The fourth-order valence-electron chi connectivity index (χ4n) is 6.68. The number of halogens is 1. The Hall–Kier alpha value is -2.82. The molecule has 1 aromatic carbocycles. The van der Waals surface area contributed by atoms with E-state index in [1.165, 1.54) is 17.4 Å². The van der Waals surface area contributed by atoms with Crippen LogP contribution in [-0.4, -0.2) is 56.8 Å². The summed E-state index contributed by atoms with van der Waals surface area (Å²) < 4.78 is 27.7. The minimum absolute atomic E-state index is 0.0822. The molecule has 8 nitrogen and oxygen atoms in total. The van der Waals surface area contributed by atoms with E-state index in [2.05, 4.69) is 19.9 Å². The highest BCUT2D eigenvalue weighted by molar-refractivity contribution is 6.72. The molecule has 5 atom stereocenters. The Balaban J connectivity index is 1.78. The Bertz CT molecular complexity index is 1270. The largest absolute Gasteiger partial charge is 0.441 e. The third-order valence-corrected chi connectivity index (χ3v) is 11.0. The third-order valence-electron chi connectivity index (χ3n) is 8.56. The molecule has 4 rings (SSSR count). The first-order chi connectivity index (χ1) is 19.2. The number of β-lactam (4-membered cyclic amide) rings is 1. The van der Waals surface area contributed by atoms with Crippen LogP contribution in [0.2, 0.25) is 18.6 Å². The molecule has 3 aliphatic heterocycles. The van der Waals surface area contributed by atoms with Crippen molar-refractivity contribution in [3.63, 3.8) is 0 Å². The fraction of sp³-hybridized carbons (Fsp3) is 0.581. The molecule has 0 aromatic heterocycles. The number of hydrogen-bond acceptors (Lipinski definition) is 6. The number of aliphatic hydroxyl groups is 1. The normalized spacial score (nSPS) is 27.8. The van der Waals surface area contributed by atoms with E-state index >= 15 is 4.11 Å². The number of allylic oxidation sites excluding steroid dienone is 3. The lowest BCUT2D eigenvalue weighted by molar-refractivity contribution is -0.153. The van der Waals surface area contributed by atoms with E-state index in [1.54, 1.807) is 36.2 Å². The second kappa shape index (κ2) is 11.8. The quantitative estimate of drug-likeness (QED) is 0.128. The minimum Gasteiger partial charge on any atom is -0.441 e. The Morgan fingerprint density at radius 3 is 2.51 bits per heavy atom. The fourth-order valence-corrected chi connectivity index (χ4v) is 9.23. The minimum atomic E-state index is -3.33. The second-order valence-corrected chi connectivity index (χ2v) is 16.1. The maximum atomic E-state index is 15.8. The molecule has 1 spiro atoms. The number of amides is 2. The number of esters is 1. The lowest BCUT2D eigenvalue weighted by atomic mass is 9.82. The number of carbonyl (C=O) groups is 3. The Kier molecular flexibility index (Phi) is 8.97. The van der Waals surface area contributed by atoms with Gasteiger partial charge in [-0.25, -0.2) is 0 Å². The molecular formula is C31H43FN2O6Si. The molecule has 3 aliphatic rings. The Labute approximate surface area is 243 Å². The maximum Gasteiger partial charge on any atom is 0.304 e. The zero-order valence-corrected chi connectivity index (χ0v) is 26.2. The van der Waals surface area contributed by atoms with Gasteiger partial charge in [0.15, 0.2) is 11.8 Å². The number of carbonyl (C=O) groups excluding carboxylic acids is 3. The summed E-state index contributed by atoms with van der Waals surface area (Å²) in [4.78, 5) is 41.7. The van der Waals surface area contributed by atoms with Gasteiger partial charge in [-0.2, -0.15) is 0 Å². The summed E-state index contributed by atoms with van der Waals surface area (Å²) in [5, 5.41) is 9.80. The number of fused-ring (bicyclic) bond motifs is 2. The lowest BCUT2D eigenvalue weighted by Crippen LogP contribution is -2.55. The first kappa shape index (κ1) is 31.1. The summed E-state index contributed by atoms with van der Waals surface area (Å²) in [6, 6.07) is 5.30. The molecule has 224 valence electrons. The van der Waals surface area contributed by atoms with Crippen molar-refractivity contribution in [2.45, 2.75) is 96.9 Å². The van der Waals surface area contributed by atoms with E-state index in [0.717, 1.165) is 18.4 Å². The van der Waals surface area contributed by atoms with Gasteiger partial charge in [-0.1, -0.05) is 30.2 Å². The molecule has 1 N–H and O–H groups in total. The maximum absolute atomic E-state index is 15.8. The van der Waals surface area contributed by atoms with Crippen LogP contribution in [0.25, 0.3) is 0 Å². The van der Waals surface area contributed by atoms with Gasteiger partial charge in [0.1, 0.15) is 0 Å². The van der Waals surface area contributed by atoms with Crippen LogP contribution in [0.4, 0.5) is 15.5 Å². The number of hydrogen-bond donors (Lipinski definition) is 1. The SMILES string of the molecule is CC(=O)OC1CC(=O)N1c1ccc2c(c1)[C@@]1(O[C@H](CCO)[C@@H]([Si](C)(C)F)[C@@H]1C)C(=O)N2C/C=C(\C)CCC=C(C)C. The van der Waals surface area contributed by atoms with E-state index in [-0.39, 0.29) is 31.3 Å². The molecule has 0 radical (unpaired) electrons. The van der Waals surface area contributed by atoms with Gasteiger partial charge in [0.25, 0.3) is 5.91 Å². The van der Waals surface area contributed by atoms with Crippen LogP contribution in [0.1, 0.15) is 65.9 Å². The monoisotopic (exact) mass is 586 g/mol. The van der Waals surface area contributed by atoms with Crippen LogP contribution >= 0.6 is 0 Å². The molecule has 1 aromatic rings. The number of nitrogens with zero attached hydrogens (tertiary/aromatic N) is 2. The third kappa shape index (κ3) is 5.78. The van der Waals surface area contributed by atoms with Crippen molar-refractivity contribution in [3.05, 3.63) is 47.1 Å². The average Bonchev–Trinajstić information content (AvgIpc) is 3.28. The predicted molar refractivity (Wildman–Crippen MR) is 159 cm³/mol. The van der Waals surface area contributed by atoms with E-state index in [4.69, 9.17) is 9.47 Å². The van der Waals surface area contributed by atoms with E-state index in [9.17, 15) is 19.5 Å². The smallest absolute Gasteiger partial charge is 0.304 e. The molecule has 0 saturated carbocycles. The van der Waals surface area contributed by atoms with Crippen molar-refractivity contribution >= 4 is 37.6 Å². The molecule has 2 fully saturated rings. The van der Waals surface area contributed by atoms with Gasteiger partial charge < -0.3 is 23.6 Å². The molecule has 0 aliphatic carbocycles. The van der Waals surface area contributed by atoms with E-state index in [0.29, 0.717) is 23.5 Å². The molecule has 1 unspecified atom stereocenters. The number of anilines is 2. The highest BCUT2D eigenvalue weighted by Gasteiger charge is 2.66. The summed E-state index contributed by atoms with van der Waals surface area (Å²) >= 11 is 0. The molecule has 10 heteroatoms. The average molecular weight is 587 g/mol. The molecular weight excluding hydrogens is 543 g/mol. The number of rotatable bonds is 10. The Morgan fingerprint density at radius 2 is 1.93 bits per heavy atom. The number of aliphatic hydroxyl groups excluding tert-OH is 1. The lowest BCUT2D eigenvalue weighted by Gasteiger charge is -2.39. The molecule has 2 amide bonds. The highest BCUT2D eigenvalue weighted by atomic mass is 28.4. The van der Waals surface area contributed by atoms with Crippen LogP contribution in [0.15, 0.2) is 41.5 Å². The van der Waals surface area contributed by atoms with Gasteiger partial charge in [-0.15, -0.1) is 0 Å². The molecule has 0 bridgehead atoms. The molecule has 2 saturated heterocycles. The zero-order valence-electron chi connectivity index (χ0n) is 25.2. The second-order valence-electron chi connectivity index (χ2n) is 12.3.